The molecule has 1 aromatic rings. The van der Waals surface area contributed by atoms with Crippen LogP contribution >= 0.6 is 0 Å². The van der Waals surface area contributed by atoms with Crippen molar-refractivity contribution in [3.05, 3.63) is 18.1 Å². The summed E-state index contributed by atoms with van der Waals surface area (Å²) < 4.78 is 5.17. The van der Waals surface area contributed by atoms with Gasteiger partial charge in [0, 0.05) is 6.54 Å². The molecule has 0 aromatic carbocycles. The maximum atomic E-state index is 11.3. The molecule has 8 nitrogen and oxygen atoms in total. The van der Waals surface area contributed by atoms with E-state index in [1.807, 2.05) is 0 Å². The van der Waals surface area contributed by atoms with Crippen LogP contribution in [0.3, 0.4) is 0 Å². The molecule has 2 heterocycles. The summed E-state index contributed by atoms with van der Waals surface area (Å²) in [5, 5.41) is 8.85. The van der Waals surface area contributed by atoms with Crippen molar-refractivity contribution in [2.24, 2.45) is 5.73 Å². The summed E-state index contributed by atoms with van der Waals surface area (Å²) in [5.41, 5.74) is 5.09. The van der Waals surface area contributed by atoms with Gasteiger partial charge in [-0.05, 0) is 0 Å². The standard InChI is InChI=1S/C10H12N4O4/c11-9(15)7-5-18-2-1-14(7)8-4-12-3-6(13-8)10(16)17/h3-4,7H,1-2,5H2,(H2,11,15)(H,16,17). The highest BCUT2D eigenvalue weighted by Crippen LogP contribution is 2.16. The number of hydrogen-bond donors (Lipinski definition) is 2. The van der Waals surface area contributed by atoms with Gasteiger partial charge in [0.15, 0.2) is 5.69 Å². The number of aromatic nitrogens is 2. The summed E-state index contributed by atoms with van der Waals surface area (Å²) in [6.07, 6.45) is 2.54. The third-order valence-electron chi connectivity index (χ3n) is 2.59. The molecule has 1 aliphatic heterocycles. The summed E-state index contributed by atoms with van der Waals surface area (Å²) in [6, 6.07) is -0.655. The monoisotopic (exact) mass is 252 g/mol. The predicted molar refractivity (Wildman–Crippen MR) is 60.1 cm³/mol. The van der Waals surface area contributed by atoms with Gasteiger partial charge in [-0.25, -0.2) is 9.78 Å². The largest absolute Gasteiger partial charge is 0.476 e. The highest BCUT2D eigenvalue weighted by molar-refractivity contribution is 5.86. The van der Waals surface area contributed by atoms with Crippen LogP contribution in [0.2, 0.25) is 0 Å². The molecule has 8 heteroatoms. The highest BCUT2D eigenvalue weighted by atomic mass is 16.5. The topological polar surface area (TPSA) is 119 Å². The fourth-order valence-corrected chi connectivity index (χ4v) is 1.71. The van der Waals surface area contributed by atoms with Crippen LogP contribution in [0, 0.1) is 0 Å². The number of anilines is 1. The number of nitrogens with zero attached hydrogens (tertiary/aromatic N) is 3. The SMILES string of the molecule is NC(=O)C1COCCN1c1cncc(C(=O)O)n1. The summed E-state index contributed by atoms with van der Waals surface area (Å²) in [4.78, 5) is 31.4. The number of carboxylic acids is 1. The minimum Gasteiger partial charge on any atom is -0.476 e. The zero-order valence-electron chi connectivity index (χ0n) is 9.44. The van der Waals surface area contributed by atoms with Crippen LogP contribution in [-0.4, -0.2) is 52.8 Å². The number of ether oxygens (including phenoxy) is 1. The molecule has 0 aliphatic carbocycles. The molecule has 1 fully saturated rings. The van der Waals surface area contributed by atoms with Crippen molar-refractivity contribution in [3.8, 4) is 0 Å². The number of amides is 1. The maximum absolute atomic E-state index is 11.3. The van der Waals surface area contributed by atoms with Gasteiger partial charge >= 0.3 is 5.97 Å². The Bertz CT molecular complexity index is 479. The molecule has 1 unspecified atom stereocenters. The quantitative estimate of drug-likeness (QED) is 0.698. The molecule has 1 amide bonds. The number of carboxylic acid groups (broad SMARTS) is 1. The number of rotatable bonds is 3. The number of primary amides is 1. The second-order valence-electron chi connectivity index (χ2n) is 3.75. The van der Waals surface area contributed by atoms with Crippen molar-refractivity contribution in [1.82, 2.24) is 9.97 Å². The number of nitrogens with two attached hydrogens (primary N) is 1. The molecule has 2 rings (SSSR count). The van der Waals surface area contributed by atoms with Crippen molar-refractivity contribution in [3.63, 3.8) is 0 Å². The molecule has 1 atom stereocenters. The Balaban J connectivity index is 2.30. The molecular weight excluding hydrogens is 240 g/mol. The van der Waals surface area contributed by atoms with Gasteiger partial charge in [0.2, 0.25) is 5.91 Å². The zero-order chi connectivity index (χ0) is 13.1. The van der Waals surface area contributed by atoms with E-state index in [1.54, 1.807) is 4.90 Å². The first-order valence-corrected chi connectivity index (χ1v) is 5.28. The van der Waals surface area contributed by atoms with Gasteiger partial charge in [-0.1, -0.05) is 0 Å². The average Bonchev–Trinajstić information content (AvgIpc) is 2.39. The minimum atomic E-state index is -1.17. The van der Waals surface area contributed by atoms with Crippen molar-refractivity contribution in [1.29, 1.82) is 0 Å². The summed E-state index contributed by atoms with van der Waals surface area (Å²) in [5.74, 6) is -1.41. The van der Waals surface area contributed by atoms with E-state index in [-0.39, 0.29) is 12.3 Å². The highest BCUT2D eigenvalue weighted by Gasteiger charge is 2.29. The van der Waals surface area contributed by atoms with E-state index >= 15 is 0 Å². The molecular formula is C10H12N4O4. The second-order valence-corrected chi connectivity index (χ2v) is 3.75. The maximum Gasteiger partial charge on any atom is 0.356 e. The van der Waals surface area contributed by atoms with E-state index in [2.05, 4.69) is 9.97 Å². The number of aromatic carboxylic acids is 1. The van der Waals surface area contributed by atoms with Crippen molar-refractivity contribution in [2.75, 3.05) is 24.7 Å². The molecule has 0 saturated carbocycles. The smallest absolute Gasteiger partial charge is 0.356 e. The van der Waals surface area contributed by atoms with Crippen LogP contribution in [0.5, 0.6) is 0 Å². The van der Waals surface area contributed by atoms with Gasteiger partial charge in [0.1, 0.15) is 11.9 Å². The molecule has 1 aliphatic rings. The van der Waals surface area contributed by atoms with E-state index in [4.69, 9.17) is 15.6 Å². The fourth-order valence-electron chi connectivity index (χ4n) is 1.71. The average molecular weight is 252 g/mol. The molecule has 18 heavy (non-hydrogen) atoms. The molecule has 0 bridgehead atoms. The van der Waals surface area contributed by atoms with Crippen LogP contribution < -0.4 is 10.6 Å². The Hall–Kier alpha value is -2.22. The van der Waals surface area contributed by atoms with Crippen LogP contribution in [0.4, 0.5) is 5.82 Å². The Morgan fingerprint density at radius 3 is 2.94 bits per heavy atom. The molecule has 96 valence electrons. The van der Waals surface area contributed by atoms with E-state index in [0.29, 0.717) is 19.0 Å². The number of morpholine rings is 1. The third-order valence-corrected chi connectivity index (χ3v) is 2.59. The minimum absolute atomic E-state index is 0.161. The Labute approximate surface area is 102 Å². The van der Waals surface area contributed by atoms with Crippen molar-refractivity contribution in [2.45, 2.75) is 6.04 Å². The summed E-state index contributed by atoms with van der Waals surface area (Å²) >= 11 is 0. The van der Waals surface area contributed by atoms with Crippen LogP contribution in [0.15, 0.2) is 12.4 Å². The third kappa shape index (κ3) is 2.38. The van der Waals surface area contributed by atoms with Crippen molar-refractivity contribution < 1.29 is 19.4 Å². The van der Waals surface area contributed by atoms with Crippen LogP contribution in [-0.2, 0) is 9.53 Å². The second kappa shape index (κ2) is 4.96. The van der Waals surface area contributed by atoms with Crippen molar-refractivity contribution >= 4 is 17.7 Å². The molecule has 1 saturated heterocycles. The number of carbonyl (C=O) groups excluding carboxylic acids is 1. The lowest BCUT2D eigenvalue weighted by Crippen LogP contribution is -2.53. The summed E-state index contributed by atoms with van der Waals surface area (Å²) in [7, 11) is 0. The first-order valence-electron chi connectivity index (χ1n) is 5.28. The zero-order valence-corrected chi connectivity index (χ0v) is 9.44. The van der Waals surface area contributed by atoms with E-state index in [9.17, 15) is 9.59 Å². The Kier molecular flexibility index (Phi) is 3.38. The normalized spacial score (nSPS) is 19.6. The van der Waals surface area contributed by atoms with Gasteiger partial charge in [-0.3, -0.25) is 9.78 Å². The molecule has 1 aromatic heterocycles. The first-order chi connectivity index (χ1) is 8.59. The van der Waals surface area contributed by atoms with Gasteiger partial charge in [-0.15, -0.1) is 0 Å². The van der Waals surface area contributed by atoms with E-state index in [0.717, 1.165) is 6.20 Å². The predicted octanol–water partition coefficient (Wildman–Crippen LogP) is -1.13. The first kappa shape index (κ1) is 12.2. The van der Waals surface area contributed by atoms with Crippen LogP contribution in [0.25, 0.3) is 0 Å². The lowest BCUT2D eigenvalue weighted by atomic mass is 10.2. The lowest BCUT2D eigenvalue weighted by molar-refractivity contribution is -0.121. The number of hydrogen-bond acceptors (Lipinski definition) is 6. The number of carbonyl (C=O) groups is 2. The van der Waals surface area contributed by atoms with Gasteiger partial charge in [0.25, 0.3) is 0 Å². The van der Waals surface area contributed by atoms with Crippen LogP contribution in [0.1, 0.15) is 10.5 Å². The molecule has 0 radical (unpaired) electrons. The fraction of sp³-hybridized carbons (Fsp3) is 0.400. The van der Waals surface area contributed by atoms with E-state index < -0.39 is 17.9 Å². The van der Waals surface area contributed by atoms with Gasteiger partial charge in [-0.2, -0.15) is 0 Å². The Morgan fingerprint density at radius 2 is 2.28 bits per heavy atom. The Morgan fingerprint density at radius 1 is 1.50 bits per heavy atom. The van der Waals surface area contributed by atoms with E-state index in [1.165, 1.54) is 6.20 Å². The van der Waals surface area contributed by atoms with Gasteiger partial charge < -0.3 is 20.5 Å². The molecule has 0 spiro atoms. The summed E-state index contributed by atoms with van der Waals surface area (Å²) in [6.45, 7) is 0.989. The molecule has 3 N–H and O–H groups in total. The van der Waals surface area contributed by atoms with Gasteiger partial charge in [0.05, 0.1) is 25.6 Å². The lowest BCUT2D eigenvalue weighted by Gasteiger charge is -2.34.